The summed E-state index contributed by atoms with van der Waals surface area (Å²) in [5.41, 5.74) is 1.39. The lowest BCUT2D eigenvalue weighted by molar-refractivity contribution is 0.192. The van der Waals surface area contributed by atoms with Crippen LogP contribution in [0, 0.1) is 0 Å². The van der Waals surface area contributed by atoms with Crippen LogP contribution in [0.25, 0.3) is 0 Å². The molecule has 108 valence electrons. The summed E-state index contributed by atoms with van der Waals surface area (Å²) in [6.07, 6.45) is 2.17. The molecular formula is C16H28N2S. The van der Waals surface area contributed by atoms with Crippen molar-refractivity contribution in [2.75, 3.05) is 25.6 Å². The molecule has 0 fully saturated rings. The van der Waals surface area contributed by atoms with Gasteiger partial charge >= 0.3 is 0 Å². The highest BCUT2D eigenvalue weighted by molar-refractivity contribution is 7.98. The van der Waals surface area contributed by atoms with Crippen molar-refractivity contribution in [3.05, 3.63) is 35.9 Å². The van der Waals surface area contributed by atoms with Crippen LogP contribution in [-0.4, -0.2) is 42.6 Å². The predicted molar refractivity (Wildman–Crippen MR) is 87.9 cm³/mol. The van der Waals surface area contributed by atoms with E-state index in [1.54, 1.807) is 0 Å². The van der Waals surface area contributed by atoms with E-state index in [1.807, 2.05) is 11.8 Å². The Bertz CT molecular complexity index is 340. The third-order valence-electron chi connectivity index (χ3n) is 3.50. The molecule has 0 aliphatic rings. The van der Waals surface area contributed by atoms with Crippen LogP contribution in [0.15, 0.2) is 30.3 Å². The largest absolute Gasteiger partial charge is 0.313 e. The molecule has 1 rings (SSSR count). The van der Waals surface area contributed by atoms with Crippen molar-refractivity contribution < 1.29 is 0 Å². The monoisotopic (exact) mass is 280 g/mol. The van der Waals surface area contributed by atoms with Gasteiger partial charge in [0, 0.05) is 30.4 Å². The molecule has 1 aromatic carbocycles. The normalized spacial score (nSPS) is 14.9. The van der Waals surface area contributed by atoms with Crippen LogP contribution in [0.3, 0.4) is 0 Å². The Labute approximate surface area is 123 Å². The number of hydrogen-bond donors (Lipinski definition) is 1. The Morgan fingerprint density at radius 2 is 1.79 bits per heavy atom. The summed E-state index contributed by atoms with van der Waals surface area (Å²) in [6, 6.07) is 12.3. The maximum absolute atomic E-state index is 3.57. The third kappa shape index (κ3) is 5.55. The second-order valence-corrected chi connectivity index (χ2v) is 6.37. The molecular weight excluding hydrogens is 252 g/mol. The van der Waals surface area contributed by atoms with Gasteiger partial charge in [-0.05, 0) is 25.8 Å². The van der Waals surface area contributed by atoms with E-state index in [4.69, 9.17) is 0 Å². The van der Waals surface area contributed by atoms with Crippen molar-refractivity contribution in [1.29, 1.82) is 0 Å². The first-order chi connectivity index (χ1) is 9.06. The first-order valence-electron chi connectivity index (χ1n) is 7.05. The maximum Gasteiger partial charge on any atom is 0.0472 e. The molecule has 0 amide bonds. The number of benzene rings is 1. The van der Waals surface area contributed by atoms with Crippen molar-refractivity contribution >= 4 is 11.8 Å². The van der Waals surface area contributed by atoms with Gasteiger partial charge in [-0.1, -0.05) is 44.2 Å². The van der Waals surface area contributed by atoms with E-state index in [-0.39, 0.29) is 0 Å². The van der Waals surface area contributed by atoms with Gasteiger partial charge in [-0.25, -0.2) is 0 Å². The smallest absolute Gasteiger partial charge is 0.0472 e. The molecule has 0 heterocycles. The average Bonchev–Trinajstić information content (AvgIpc) is 2.40. The Morgan fingerprint density at radius 3 is 2.32 bits per heavy atom. The summed E-state index contributed by atoms with van der Waals surface area (Å²) in [5, 5.41) is 3.57. The number of likely N-dealkylation sites (N-methyl/N-ethyl adjacent to an activating group) is 1. The minimum atomic E-state index is 0.436. The van der Waals surface area contributed by atoms with Gasteiger partial charge in [0.2, 0.25) is 0 Å². The van der Waals surface area contributed by atoms with Gasteiger partial charge in [0.1, 0.15) is 0 Å². The maximum atomic E-state index is 3.57. The highest BCUT2D eigenvalue weighted by atomic mass is 32.2. The van der Waals surface area contributed by atoms with Crippen LogP contribution in [0.5, 0.6) is 0 Å². The quantitative estimate of drug-likeness (QED) is 0.785. The van der Waals surface area contributed by atoms with Crippen molar-refractivity contribution in [3.8, 4) is 0 Å². The van der Waals surface area contributed by atoms with E-state index in [0.717, 1.165) is 6.54 Å². The predicted octanol–water partition coefficient (Wildman–Crippen LogP) is 3.41. The van der Waals surface area contributed by atoms with Gasteiger partial charge < -0.3 is 5.32 Å². The third-order valence-corrected chi connectivity index (χ3v) is 4.31. The SMILES string of the molecule is CSCC(C)N(C)C(CNC(C)C)c1ccccc1. The van der Waals surface area contributed by atoms with E-state index in [9.17, 15) is 0 Å². The first kappa shape index (κ1) is 16.5. The van der Waals surface area contributed by atoms with Crippen LogP contribution in [0.1, 0.15) is 32.4 Å². The highest BCUT2D eigenvalue weighted by Crippen LogP contribution is 2.22. The number of thioether (sulfide) groups is 1. The average molecular weight is 280 g/mol. The summed E-state index contributed by atoms with van der Waals surface area (Å²) in [5.74, 6) is 1.17. The molecule has 3 heteroatoms. The molecule has 2 nitrogen and oxygen atoms in total. The van der Waals surface area contributed by atoms with Gasteiger partial charge in [-0.3, -0.25) is 4.90 Å². The van der Waals surface area contributed by atoms with Crippen molar-refractivity contribution in [2.24, 2.45) is 0 Å². The summed E-state index contributed by atoms with van der Waals surface area (Å²) in [6.45, 7) is 7.71. The number of hydrogen-bond acceptors (Lipinski definition) is 3. The fourth-order valence-electron chi connectivity index (χ4n) is 2.19. The van der Waals surface area contributed by atoms with E-state index in [2.05, 4.69) is 74.6 Å². The second-order valence-electron chi connectivity index (χ2n) is 5.46. The van der Waals surface area contributed by atoms with E-state index < -0.39 is 0 Å². The van der Waals surface area contributed by atoms with E-state index in [1.165, 1.54) is 11.3 Å². The zero-order valence-corrected chi connectivity index (χ0v) is 13.7. The van der Waals surface area contributed by atoms with Gasteiger partial charge in [0.15, 0.2) is 0 Å². The summed E-state index contributed by atoms with van der Waals surface area (Å²) in [7, 11) is 2.24. The molecule has 0 aromatic heterocycles. The van der Waals surface area contributed by atoms with Gasteiger partial charge in [0.05, 0.1) is 0 Å². The van der Waals surface area contributed by atoms with Gasteiger partial charge in [-0.15, -0.1) is 0 Å². The Hall–Kier alpha value is -0.510. The second kappa shape index (κ2) is 8.62. The Morgan fingerprint density at radius 1 is 1.16 bits per heavy atom. The molecule has 0 bridgehead atoms. The fraction of sp³-hybridized carbons (Fsp3) is 0.625. The first-order valence-corrected chi connectivity index (χ1v) is 8.44. The Kier molecular flexibility index (Phi) is 7.51. The van der Waals surface area contributed by atoms with Crippen molar-refractivity contribution in [2.45, 2.75) is 38.9 Å². The number of nitrogens with zero attached hydrogens (tertiary/aromatic N) is 1. The molecule has 0 aliphatic carbocycles. The van der Waals surface area contributed by atoms with E-state index >= 15 is 0 Å². The molecule has 1 N–H and O–H groups in total. The fourth-order valence-corrected chi connectivity index (χ4v) is 2.90. The minimum Gasteiger partial charge on any atom is -0.313 e. The number of nitrogens with one attached hydrogen (secondary N) is 1. The standard InChI is InChI=1S/C16H28N2S/c1-13(2)17-11-16(15-9-7-6-8-10-15)18(4)14(3)12-19-5/h6-10,13-14,16-17H,11-12H2,1-5H3. The topological polar surface area (TPSA) is 15.3 Å². The lowest BCUT2D eigenvalue weighted by Gasteiger charge is -2.34. The number of rotatable bonds is 8. The molecule has 19 heavy (non-hydrogen) atoms. The summed E-state index contributed by atoms with van der Waals surface area (Å²) in [4.78, 5) is 2.49. The summed E-state index contributed by atoms with van der Waals surface area (Å²) >= 11 is 1.91. The van der Waals surface area contributed by atoms with Gasteiger partial charge in [-0.2, -0.15) is 11.8 Å². The summed E-state index contributed by atoms with van der Waals surface area (Å²) < 4.78 is 0. The minimum absolute atomic E-state index is 0.436. The van der Waals surface area contributed by atoms with Gasteiger partial charge in [0.25, 0.3) is 0 Å². The molecule has 1 aromatic rings. The van der Waals surface area contributed by atoms with Crippen LogP contribution in [0.4, 0.5) is 0 Å². The molecule has 0 saturated heterocycles. The molecule has 0 spiro atoms. The van der Waals surface area contributed by atoms with Crippen LogP contribution in [0.2, 0.25) is 0 Å². The van der Waals surface area contributed by atoms with Crippen molar-refractivity contribution in [1.82, 2.24) is 10.2 Å². The van der Waals surface area contributed by atoms with Crippen molar-refractivity contribution in [3.63, 3.8) is 0 Å². The molecule has 2 unspecified atom stereocenters. The Balaban J connectivity index is 2.79. The van der Waals surface area contributed by atoms with E-state index in [0.29, 0.717) is 18.1 Å². The van der Waals surface area contributed by atoms with Crippen LogP contribution >= 0.6 is 11.8 Å². The lowest BCUT2D eigenvalue weighted by Crippen LogP contribution is -2.41. The molecule has 2 atom stereocenters. The molecule has 0 aliphatic heterocycles. The molecule has 0 radical (unpaired) electrons. The zero-order chi connectivity index (χ0) is 14.3. The highest BCUT2D eigenvalue weighted by Gasteiger charge is 2.21. The zero-order valence-electron chi connectivity index (χ0n) is 12.9. The van der Waals surface area contributed by atoms with Crippen LogP contribution < -0.4 is 5.32 Å². The molecule has 0 saturated carbocycles. The van der Waals surface area contributed by atoms with Crippen LogP contribution in [-0.2, 0) is 0 Å². The lowest BCUT2D eigenvalue weighted by atomic mass is 10.0.